The van der Waals surface area contributed by atoms with Crippen molar-refractivity contribution in [3.05, 3.63) is 71.3 Å². The van der Waals surface area contributed by atoms with Crippen molar-refractivity contribution in [2.75, 3.05) is 13.7 Å². The van der Waals surface area contributed by atoms with E-state index in [1.54, 1.807) is 42.5 Å². The van der Waals surface area contributed by atoms with Gasteiger partial charge in [-0.1, -0.05) is 38.0 Å². The summed E-state index contributed by atoms with van der Waals surface area (Å²) in [6.07, 6.45) is 6.59. The number of ether oxygens (including phenoxy) is 2. The highest BCUT2D eigenvalue weighted by atomic mass is 16.5. The molecule has 26 heavy (non-hydrogen) atoms. The summed E-state index contributed by atoms with van der Waals surface area (Å²) >= 11 is 0. The van der Waals surface area contributed by atoms with Gasteiger partial charge in [-0.15, -0.1) is 0 Å². The fraction of sp³-hybridized carbons (Fsp3) is 0.273. The van der Waals surface area contributed by atoms with E-state index in [4.69, 9.17) is 4.74 Å². The lowest BCUT2D eigenvalue weighted by Gasteiger charge is -2.06. The quantitative estimate of drug-likeness (QED) is 0.278. The van der Waals surface area contributed by atoms with E-state index in [0.29, 0.717) is 17.7 Å². The number of allylic oxidation sites excluding steroid dienone is 1. The van der Waals surface area contributed by atoms with E-state index in [9.17, 15) is 9.59 Å². The minimum Gasteiger partial charge on any atom is -0.494 e. The van der Waals surface area contributed by atoms with Crippen LogP contribution in [0.1, 0.15) is 52.5 Å². The van der Waals surface area contributed by atoms with Crippen molar-refractivity contribution in [2.24, 2.45) is 0 Å². The number of benzene rings is 2. The van der Waals surface area contributed by atoms with Gasteiger partial charge in [0, 0.05) is 5.56 Å². The lowest BCUT2D eigenvalue weighted by molar-refractivity contribution is 0.0600. The summed E-state index contributed by atoms with van der Waals surface area (Å²) in [4.78, 5) is 23.6. The van der Waals surface area contributed by atoms with Gasteiger partial charge in [0.15, 0.2) is 5.78 Å². The van der Waals surface area contributed by atoms with Gasteiger partial charge in [0.2, 0.25) is 0 Å². The first-order chi connectivity index (χ1) is 12.6. The molecule has 0 aliphatic carbocycles. The molecule has 0 radical (unpaired) electrons. The molecular weight excluding hydrogens is 328 g/mol. The van der Waals surface area contributed by atoms with Crippen LogP contribution in [0.25, 0.3) is 6.08 Å². The molecule has 2 rings (SSSR count). The van der Waals surface area contributed by atoms with Crippen molar-refractivity contribution >= 4 is 17.8 Å². The number of rotatable bonds is 9. The molecule has 0 saturated heterocycles. The Bertz CT molecular complexity index is 743. The molecule has 4 heteroatoms. The zero-order chi connectivity index (χ0) is 18.8. The molecule has 0 heterocycles. The minimum atomic E-state index is -0.381. The van der Waals surface area contributed by atoms with Crippen LogP contribution >= 0.6 is 0 Å². The Morgan fingerprint density at radius 1 is 0.923 bits per heavy atom. The van der Waals surface area contributed by atoms with Crippen LogP contribution in [-0.4, -0.2) is 25.5 Å². The number of carbonyl (C=O) groups is 2. The Labute approximate surface area is 154 Å². The number of unbranched alkanes of at least 4 members (excludes halogenated alkanes) is 2. The standard InChI is InChI=1S/C22H24O4/c1-3-4-5-16-26-20-13-11-18(12-14-20)21(23)15-8-17-6-9-19(10-7-17)22(24)25-2/h6-15H,3-5,16H2,1-2H3/b15-8+. The van der Waals surface area contributed by atoms with Gasteiger partial charge in [-0.2, -0.15) is 0 Å². The van der Waals surface area contributed by atoms with E-state index in [1.807, 2.05) is 12.1 Å². The van der Waals surface area contributed by atoms with Crippen molar-refractivity contribution in [3.8, 4) is 5.75 Å². The summed E-state index contributed by atoms with van der Waals surface area (Å²) in [6, 6.07) is 14.0. The van der Waals surface area contributed by atoms with E-state index in [0.717, 1.165) is 30.6 Å². The average molecular weight is 352 g/mol. The number of ketones is 1. The fourth-order valence-electron chi connectivity index (χ4n) is 2.37. The molecule has 0 aliphatic rings. The number of hydrogen-bond donors (Lipinski definition) is 0. The maximum absolute atomic E-state index is 12.2. The van der Waals surface area contributed by atoms with Crippen molar-refractivity contribution < 1.29 is 19.1 Å². The van der Waals surface area contributed by atoms with Gasteiger partial charge in [0.05, 0.1) is 19.3 Å². The van der Waals surface area contributed by atoms with Gasteiger partial charge < -0.3 is 9.47 Å². The van der Waals surface area contributed by atoms with Crippen molar-refractivity contribution in [1.82, 2.24) is 0 Å². The molecule has 0 aromatic heterocycles. The third-order valence-electron chi connectivity index (χ3n) is 3.91. The maximum atomic E-state index is 12.2. The fourth-order valence-corrected chi connectivity index (χ4v) is 2.37. The molecule has 2 aromatic carbocycles. The maximum Gasteiger partial charge on any atom is 0.337 e. The largest absolute Gasteiger partial charge is 0.494 e. The summed E-state index contributed by atoms with van der Waals surface area (Å²) in [5.41, 5.74) is 1.92. The summed E-state index contributed by atoms with van der Waals surface area (Å²) < 4.78 is 10.3. The van der Waals surface area contributed by atoms with Crippen LogP contribution in [0.15, 0.2) is 54.6 Å². The van der Waals surface area contributed by atoms with Gasteiger partial charge in [-0.3, -0.25) is 4.79 Å². The highest BCUT2D eigenvalue weighted by molar-refractivity contribution is 6.06. The molecule has 4 nitrogen and oxygen atoms in total. The Morgan fingerprint density at radius 3 is 2.19 bits per heavy atom. The smallest absolute Gasteiger partial charge is 0.337 e. The lowest BCUT2D eigenvalue weighted by Crippen LogP contribution is -2.00. The normalized spacial score (nSPS) is 10.7. The van der Waals surface area contributed by atoms with Gasteiger partial charge >= 0.3 is 5.97 Å². The van der Waals surface area contributed by atoms with Gasteiger partial charge in [0.25, 0.3) is 0 Å². The first-order valence-corrected chi connectivity index (χ1v) is 8.77. The Kier molecular flexibility index (Phi) is 7.62. The summed E-state index contributed by atoms with van der Waals surface area (Å²) in [7, 11) is 1.34. The van der Waals surface area contributed by atoms with Crippen LogP contribution in [0.3, 0.4) is 0 Å². The molecule has 0 unspecified atom stereocenters. The van der Waals surface area contributed by atoms with E-state index >= 15 is 0 Å². The van der Waals surface area contributed by atoms with Crippen LogP contribution in [-0.2, 0) is 4.74 Å². The SMILES string of the molecule is CCCCCOc1ccc(C(=O)/C=C/c2ccc(C(=O)OC)cc2)cc1. The van der Waals surface area contributed by atoms with Crippen LogP contribution in [0.5, 0.6) is 5.75 Å². The zero-order valence-electron chi connectivity index (χ0n) is 15.2. The van der Waals surface area contributed by atoms with Gasteiger partial charge in [-0.25, -0.2) is 4.79 Å². The molecule has 0 fully saturated rings. The van der Waals surface area contributed by atoms with Gasteiger partial charge in [-0.05, 0) is 54.5 Å². The predicted molar refractivity (Wildman–Crippen MR) is 103 cm³/mol. The molecule has 2 aromatic rings. The first kappa shape index (κ1) is 19.4. The molecule has 0 atom stereocenters. The van der Waals surface area contributed by atoms with Crippen LogP contribution in [0.4, 0.5) is 0 Å². The van der Waals surface area contributed by atoms with Crippen molar-refractivity contribution in [1.29, 1.82) is 0 Å². The van der Waals surface area contributed by atoms with E-state index in [2.05, 4.69) is 11.7 Å². The van der Waals surface area contributed by atoms with E-state index < -0.39 is 0 Å². The second-order valence-electron chi connectivity index (χ2n) is 5.89. The van der Waals surface area contributed by atoms with E-state index in [1.165, 1.54) is 13.2 Å². The number of esters is 1. The number of hydrogen-bond acceptors (Lipinski definition) is 4. The highest BCUT2D eigenvalue weighted by Crippen LogP contribution is 2.14. The van der Waals surface area contributed by atoms with Crippen LogP contribution < -0.4 is 4.74 Å². The van der Waals surface area contributed by atoms with Gasteiger partial charge in [0.1, 0.15) is 5.75 Å². The molecule has 0 saturated carbocycles. The average Bonchev–Trinajstić information content (AvgIpc) is 2.69. The molecule has 0 bridgehead atoms. The molecule has 0 aliphatic heterocycles. The third-order valence-corrected chi connectivity index (χ3v) is 3.91. The second kappa shape index (κ2) is 10.2. The number of methoxy groups -OCH3 is 1. The molecule has 0 spiro atoms. The zero-order valence-corrected chi connectivity index (χ0v) is 15.2. The van der Waals surface area contributed by atoms with Crippen LogP contribution in [0, 0.1) is 0 Å². The van der Waals surface area contributed by atoms with Crippen molar-refractivity contribution in [3.63, 3.8) is 0 Å². The summed E-state index contributed by atoms with van der Waals surface area (Å²) in [6.45, 7) is 2.85. The molecule has 0 amide bonds. The minimum absolute atomic E-state index is 0.0837. The molecular formula is C22H24O4. The molecule has 136 valence electrons. The predicted octanol–water partition coefficient (Wildman–Crippen LogP) is 4.94. The van der Waals surface area contributed by atoms with Crippen molar-refractivity contribution in [2.45, 2.75) is 26.2 Å². The second-order valence-corrected chi connectivity index (χ2v) is 5.89. The lowest BCUT2D eigenvalue weighted by atomic mass is 10.1. The Hall–Kier alpha value is -2.88. The highest BCUT2D eigenvalue weighted by Gasteiger charge is 2.05. The summed E-state index contributed by atoms with van der Waals surface area (Å²) in [5, 5.41) is 0. The number of carbonyl (C=O) groups excluding carboxylic acids is 2. The third kappa shape index (κ3) is 5.88. The monoisotopic (exact) mass is 352 g/mol. The molecule has 0 N–H and O–H groups in total. The Balaban J connectivity index is 1.92. The summed E-state index contributed by atoms with van der Waals surface area (Å²) in [5.74, 6) is 0.313. The van der Waals surface area contributed by atoms with Crippen LogP contribution in [0.2, 0.25) is 0 Å². The Morgan fingerprint density at radius 2 is 1.58 bits per heavy atom. The van der Waals surface area contributed by atoms with E-state index in [-0.39, 0.29) is 11.8 Å². The first-order valence-electron chi connectivity index (χ1n) is 8.77. The topological polar surface area (TPSA) is 52.6 Å².